The summed E-state index contributed by atoms with van der Waals surface area (Å²) >= 11 is 1.50. The number of phenolic OH excluding ortho intramolecular Hbond substituents is 1. The molecule has 1 aliphatic rings. The Hall–Kier alpha value is -1.96. The number of likely N-dealkylation sites (tertiary alicyclic amines) is 1. The van der Waals surface area contributed by atoms with Crippen LogP contribution in [0.2, 0.25) is 0 Å². The molecule has 2 aromatic heterocycles. The molecule has 0 amide bonds. The van der Waals surface area contributed by atoms with Gasteiger partial charge in [0.15, 0.2) is 0 Å². The summed E-state index contributed by atoms with van der Waals surface area (Å²) in [7, 11) is 4.23. The van der Waals surface area contributed by atoms with E-state index in [4.69, 9.17) is 4.98 Å². The van der Waals surface area contributed by atoms with E-state index in [0.29, 0.717) is 22.3 Å². The Bertz CT molecular complexity index is 962. The molecule has 1 atom stereocenters. The molecule has 0 aliphatic carbocycles. The number of aromatic hydroxyl groups is 1. The van der Waals surface area contributed by atoms with Gasteiger partial charge in [0.1, 0.15) is 21.1 Å². The predicted octanol–water partition coefficient (Wildman–Crippen LogP) is 1.98. The molecule has 3 aromatic rings. The van der Waals surface area contributed by atoms with E-state index >= 15 is 0 Å². The van der Waals surface area contributed by atoms with E-state index in [0.717, 1.165) is 29.5 Å². The third kappa shape index (κ3) is 2.58. The number of likely N-dealkylation sites (N-methyl/N-ethyl adjacent to an activating group) is 1. The van der Waals surface area contributed by atoms with E-state index in [9.17, 15) is 9.90 Å². The molecule has 1 fully saturated rings. The SMILES string of the molecule is CN(C)[C@@H]1CCN(Cc2nc3c([nH]c(=O)c4cccc(O)c43)s2)C1. The molecule has 1 saturated heterocycles. The summed E-state index contributed by atoms with van der Waals surface area (Å²) in [6, 6.07) is 5.58. The number of aromatic nitrogens is 2. The third-order valence-electron chi connectivity index (χ3n) is 4.76. The number of hydrogen-bond acceptors (Lipinski definition) is 6. The molecule has 24 heavy (non-hydrogen) atoms. The number of H-pyrrole nitrogens is 1. The molecule has 6 nitrogen and oxygen atoms in total. The molecular formula is C17H20N4O2S. The number of aromatic amines is 1. The smallest absolute Gasteiger partial charge is 0.257 e. The fourth-order valence-corrected chi connectivity index (χ4v) is 4.41. The van der Waals surface area contributed by atoms with Gasteiger partial charge in [-0.25, -0.2) is 4.98 Å². The average Bonchev–Trinajstić information content (AvgIpc) is 3.14. The topological polar surface area (TPSA) is 72.5 Å². The quantitative estimate of drug-likeness (QED) is 0.760. The van der Waals surface area contributed by atoms with Crippen LogP contribution in [-0.2, 0) is 6.54 Å². The van der Waals surface area contributed by atoms with Crippen molar-refractivity contribution in [3.8, 4) is 5.75 Å². The van der Waals surface area contributed by atoms with Crippen LogP contribution in [0.1, 0.15) is 11.4 Å². The summed E-state index contributed by atoms with van der Waals surface area (Å²) in [4.78, 5) is 25.2. The van der Waals surface area contributed by atoms with Crippen LogP contribution in [0, 0.1) is 0 Å². The molecule has 1 aliphatic heterocycles. The lowest BCUT2D eigenvalue weighted by molar-refractivity contribution is 0.264. The van der Waals surface area contributed by atoms with E-state index in [1.807, 2.05) is 0 Å². The molecule has 7 heteroatoms. The highest BCUT2D eigenvalue weighted by atomic mass is 32.1. The van der Waals surface area contributed by atoms with Crippen LogP contribution < -0.4 is 5.56 Å². The molecule has 3 heterocycles. The van der Waals surface area contributed by atoms with Gasteiger partial charge >= 0.3 is 0 Å². The number of rotatable bonds is 3. The second-order valence-electron chi connectivity index (χ2n) is 6.58. The zero-order valence-electron chi connectivity index (χ0n) is 13.7. The average molecular weight is 344 g/mol. The minimum atomic E-state index is -0.183. The van der Waals surface area contributed by atoms with Gasteiger partial charge in [-0.2, -0.15) is 0 Å². The summed E-state index contributed by atoms with van der Waals surface area (Å²) in [6.07, 6.45) is 1.17. The summed E-state index contributed by atoms with van der Waals surface area (Å²) in [5.41, 5.74) is 0.503. The molecule has 4 rings (SSSR count). The second-order valence-corrected chi connectivity index (χ2v) is 7.66. The van der Waals surface area contributed by atoms with Crippen LogP contribution in [0.25, 0.3) is 21.1 Å². The van der Waals surface area contributed by atoms with Gasteiger partial charge in [-0.1, -0.05) is 17.4 Å². The van der Waals surface area contributed by atoms with Gasteiger partial charge in [0.25, 0.3) is 5.56 Å². The van der Waals surface area contributed by atoms with Gasteiger partial charge < -0.3 is 15.0 Å². The third-order valence-corrected chi connectivity index (χ3v) is 5.71. The molecular weight excluding hydrogens is 324 g/mol. The number of pyridine rings is 1. The summed E-state index contributed by atoms with van der Waals surface area (Å²) in [5, 5.41) is 12.2. The lowest BCUT2D eigenvalue weighted by Gasteiger charge is -2.19. The highest BCUT2D eigenvalue weighted by molar-refractivity contribution is 7.18. The van der Waals surface area contributed by atoms with Crippen molar-refractivity contribution < 1.29 is 5.11 Å². The highest BCUT2D eigenvalue weighted by Gasteiger charge is 2.25. The molecule has 0 bridgehead atoms. The first-order chi connectivity index (χ1) is 11.5. The Morgan fingerprint density at radius 2 is 2.29 bits per heavy atom. The highest BCUT2D eigenvalue weighted by Crippen LogP contribution is 2.32. The van der Waals surface area contributed by atoms with Crippen molar-refractivity contribution in [2.45, 2.75) is 19.0 Å². The van der Waals surface area contributed by atoms with Crippen molar-refractivity contribution in [3.63, 3.8) is 0 Å². The van der Waals surface area contributed by atoms with E-state index in [2.05, 4.69) is 28.9 Å². The van der Waals surface area contributed by atoms with Crippen LogP contribution in [-0.4, -0.2) is 58.1 Å². The van der Waals surface area contributed by atoms with Gasteiger partial charge in [0, 0.05) is 19.1 Å². The van der Waals surface area contributed by atoms with Gasteiger partial charge in [0.2, 0.25) is 0 Å². The maximum Gasteiger partial charge on any atom is 0.257 e. The van der Waals surface area contributed by atoms with Crippen molar-refractivity contribution in [1.29, 1.82) is 0 Å². The fraction of sp³-hybridized carbons (Fsp3) is 0.412. The van der Waals surface area contributed by atoms with Crippen LogP contribution >= 0.6 is 11.3 Å². The second kappa shape index (κ2) is 5.84. The molecule has 1 aromatic carbocycles. The standard InChI is InChI=1S/C17H20N4O2S/c1-20(2)10-6-7-21(8-10)9-13-18-15-14-11(4-3-5-12(14)22)16(23)19-17(15)24-13/h3-5,10,22H,6-9H2,1-2H3,(H,19,23)/t10-/m1/s1. The van der Waals surface area contributed by atoms with E-state index < -0.39 is 0 Å². The summed E-state index contributed by atoms with van der Waals surface area (Å²) in [6.45, 7) is 2.87. The van der Waals surface area contributed by atoms with Crippen molar-refractivity contribution >= 4 is 32.5 Å². The minimum absolute atomic E-state index is 0.106. The Kier molecular flexibility index (Phi) is 3.79. The van der Waals surface area contributed by atoms with Crippen LogP contribution in [0.3, 0.4) is 0 Å². The zero-order chi connectivity index (χ0) is 16.8. The molecule has 0 saturated carbocycles. The molecule has 0 unspecified atom stereocenters. The predicted molar refractivity (Wildman–Crippen MR) is 96.8 cm³/mol. The Balaban J connectivity index is 1.72. The van der Waals surface area contributed by atoms with Crippen molar-refractivity contribution in [2.24, 2.45) is 0 Å². The number of phenols is 1. The van der Waals surface area contributed by atoms with E-state index in [1.54, 1.807) is 18.2 Å². The molecule has 0 spiro atoms. The Morgan fingerprint density at radius 3 is 3.04 bits per heavy atom. The summed E-state index contributed by atoms with van der Waals surface area (Å²) in [5.74, 6) is 0.106. The fourth-order valence-electron chi connectivity index (χ4n) is 3.40. The number of thiazole rings is 1. The van der Waals surface area contributed by atoms with Crippen molar-refractivity contribution in [2.75, 3.05) is 27.2 Å². The summed E-state index contributed by atoms with van der Waals surface area (Å²) < 4.78 is 0. The van der Waals surface area contributed by atoms with Gasteiger partial charge in [-0.3, -0.25) is 9.69 Å². The maximum atomic E-state index is 12.2. The van der Waals surface area contributed by atoms with Gasteiger partial charge in [-0.05, 0) is 32.6 Å². The number of nitrogens with zero attached hydrogens (tertiary/aromatic N) is 3. The number of benzene rings is 1. The zero-order valence-corrected chi connectivity index (χ0v) is 14.6. The lowest BCUT2D eigenvalue weighted by atomic mass is 10.1. The number of hydrogen-bond donors (Lipinski definition) is 2. The number of fused-ring (bicyclic) bond motifs is 3. The first-order valence-electron chi connectivity index (χ1n) is 8.05. The van der Waals surface area contributed by atoms with Crippen LogP contribution in [0.5, 0.6) is 5.75 Å². The monoisotopic (exact) mass is 344 g/mol. The van der Waals surface area contributed by atoms with E-state index in [1.165, 1.54) is 17.8 Å². The maximum absolute atomic E-state index is 12.2. The van der Waals surface area contributed by atoms with Gasteiger partial charge in [-0.15, -0.1) is 0 Å². The van der Waals surface area contributed by atoms with Crippen molar-refractivity contribution in [3.05, 3.63) is 33.6 Å². The first-order valence-corrected chi connectivity index (χ1v) is 8.87. The minimum Gasteiger partial charge on any atom is -0.507 e. The number of nitrogens with one attached hydrogen (secondary N) is 1. The largest absolute Gasteiger partial charge is 0.507 e. The lowest BCUT2D eigenvalue weighted by Crippen LogP contribution is -2.31. The van der Waals surface area contributed by atoms with E-state index in [-0.39, 0.29) is 11.3 Å². The Morgan fingerprint density at radius 1 is 1.46 bits per heavy atom. The first kappa shape index (κ1) is 15.6. The normalized spacial score (nSPS) is 19.0. The molecule has 0 radical (unpaired) electrons. The molecule has 2 N–H and O–H groups in total. The van der Waals surface area contributed by atoms with Crippen LogP contribution in [0.4, 0.5) is 0 Å². The van der Waals surface area contributed by atoms with Gasteiger partial charge in [0.05, 0.1) is 17.3 Å². The molecule has 126 valence electrons. The Labute approximate surface area is 143 Å². The van der Waals surface area contributed by atoms with Crippen LogP contribution in [0.15, 0.2) is 23.0 Å². The van der Waals surface area contributed by atoms with Crippen molar-refractivity contribution in [1.82, 2.24) is 19.8 Å².